The molecule has 23 heavy (non-hydrogen) atoms. The van der Waals surface area contributed by atoms with Crippen molar-refractivity contribution in [3.8, 4) is 0 Å². The molecule has 0 aromatic heterocycles. The lowest BCUT2D eigenvalue weighted by Crippen LogP contribution is -2.39. The highest BCUT2D eigenvalue weighted by Crippen LogP contribution is 2.30. The molecule has 1 saturated carbocycles. The maximum absolute atomic E-state index is 12.3. The van der Waals surface area contributed by atoms with Crippen LogP contribution in [0.5, 0.6) is 0 Å². The van der Waals surface area contributed by atoms with Gasteiger partial charge in [0.25, 0.3) is 0 Å². The standard InChI is InChI=1S/C18H25ClN2O2/c1-3-12(2)20-17(22)13-7-9-14(10-8-13)18(23)21-16-6-4-5-15(19)11-16/h4-6,11-14H,3,7-10H2,1-2H3,(H,20,22)(H,21,23). The van der Waals surface area contributed by atoms with Crippen LogP contribution < -0.4 is 10.6 Å². The Bertz CT molecular complexity index is 554. The molecule has 1 aliphatic rings. The monoisotopic (exact) mass is 336 g/mol. The number of amides is 2. The maximum Gasteiger partial charge on any atom is 0.227 e. The molecular formula is C18H25ClN2O2. The number of carbonyl (C=O) groups excluding carboxylic acids is 2. The molecule has 1 fully saturated rings. The molecule has 1 aromatic rings. The zero-order chi connectivity index (χ0) is 16.8. The number of carbonyl (C=O) groups is 2. The third kappa shape index (κ3) is 5.24. The Morgan fingerprint density at radius 3 is 2.35 bits per heavy atom. The summed E-state index contributed by atoms with van der Waals surface area (Å²) in [5.74, 6) is 0.168. The average molecular weight is 337 g/mol. The van der Waals surface area contributed by atoms with Crippen molar-refractivity contribution < 1.29 is 9.59 Å². The van der Waals surface area contributed by atoms with E-state index < -0.39 is 0 Å². The Balaban J connectivity index is 1.82. The summed E-state index contributed by atoms with van der Waals surface area (Å²) < 4.78 is 0. The smallest absolute Gasteiger partial charge is 0.227 e. The molecule has 126 valence electrons. The zero-order valence-corrected chi connectivity index (χ0v) is 14.5. The van der Waals surface area contributed by atoms with E-state index in [9.17, 15) is 9.59 Å². The second-order valence-electron chi connectivity index (χ2n) is 6.37. The molecule has 4 nitrogen and oxygen atoms in total. The minimum absolute atomic E-state index is 0.0213. The predicted molar refractivity (Wildman–Crippen MR) is 93.4 cm³/mol. The predicted octanol–water partition coefficient (Wildman–Crippen LogP) is 4.00. The fourth-order valence-electron chi connectivity index (χ4n) is 2.89. The second-order valence-corrected chi connectivity index (χ2v) is 6.80. The van der Waals surface area contributed by atoms with E-state index in [2.05, 4.69) is 17.6 Å². The molecule has 0 spiro atoms. The van der Waals surface area contributed by atoms with Crippen LogP contribution in [0.2, 0.25) is 5.02 Å². The number of anilines is 1. The van der Waals surface area contributed by atoms with Crippen LogP contribution in [0.3, 0.4) is 0 Å². The first-order valence-corrected chi connectivity index (χ1v) is 8.74. The topological polar surface area (TPSA) is 58.2 Å². The molecular weight excluding hydrogens is 312 g/mol. The fourth-order valence-corrected chi connectivity index (χ4v) is 3.08. The van der Waals surface area contributed by atoms with Gasteiger partial charge >= 0.3 is 0 Å². The molecule has 1 atom stereocenters. The first-order valence-electron chi connectivity index (χ1n) is 8.36. The van der Waals surface area contributed by atoms with E-state index in [1.807, 2.05) is 19.1 Å². The fraction of sp³-hybridized carbons (Fsp3) is 0.556. The van der Waals surface area contributed by atoms with Gasteiger partial charge in [-0.3, -0.25) is 9.59 Å². The molecule has 2 amide bonds. The van der Waals surface area contributed by atoms with E-state index in [1.54, 1.807) is 12.1 Å². The van der Waals surface area contributed by atoms with Crippen molar-refractivity contribution in [3.05, 3.63) is 29.3 Å². The van der Waals surface area contributed by atoms with Gasteiger partial charge in [-0.05, 0) is 57.2 Å². The Hall–Kier alpha value is -1.55. The quantitative estimate of drug-likeness (QED) is 0.853. The number of rotatable bonds is 5. The molecule has 0 aliphatic heterocycles. The van der Waals surface area contributed by atoms with Crippen molar-refractivity contribution in [2.45, 2.75) is 52.0 Å². The van der Waals surface area contributed by atoms with Gasteiger partial charge in [0.1, 0.15) is 0 Å². The summed E-state index contributed by atoms with van der Waals surface area (Å²) in [6, 6.07) is 7.37. The molecule has 0 saturated heterocycles. The summed E-state index contributed by atoms with van der Waals surface area (Å²) in [6.45, 7) is 4.07. The van der Waals surface area contributed by atoms with Crippen molar-refractivity contribution in [1.29, 1.82) is 0 Å². The van der Waals surface area contributed by atoms with E-state index in [0.29, 0.717) is 5.02 Å². The van der Waals surface area contributed by atoms with Crippen LogP contribution >= 0.6 is 11.6 Å². The summed E-state index contributed by atoms with van der Waals surface area (Å²) in [5.41, 5.74) is 0.721. The summed E-state index contributed by atoms with van der Waals surface area (Å²) in [4.78, 5) is 24.5. The van der Waals surface area contributed by atoms with Gasteiger partial charge in [-0.25, -0.2) is 0 Å². The van der Waals surface area contributed by atoms with Gasteiger partial charge in [-0.15, -0.1) is 0 Å². The van der Waals surface area contributed by atoms with Crippen LogP contribution in [0.4, 0.5) is 5.69 Å². The van der Waals surface area contributed by atoms with Crippen LogP contribution in [0.1, 0.15) is 46.0 Å². The van der Waals surface area contributed by atoms with Crippen LogP contribution in [0.25, 0.3) is 0 Å². The van der Waals surface area contributed by atoms with E-state index in [1.165, 1.54) is 0 Å². The number of hydrogen-bond acceptors (Lipinski definition) is 2. The minimum Gasteiger partial charge on any atom is -0.353 e. The summed E-state index contributed by atoms with van der Waals surface area (Å²) in [6.07, 6.45) is 3.99. The molecule has 0 heterocycles. The molecule has 1 aromatic carbocycles. The lowest BCUT2D eigenvalue weighted by atomic mass is 9.81. The highest BCUT2D eigenvalue weighted by Gasteiger charge is 2.30. The van der Waals surface area contributed by atoms with Gasteiger partial charge < -0.3 is 10.6 Å². The van der Waals surface area contributed by atoms with Crippen molar-refractivity contribution in [2.75, 3.05) is 5.32 Å². The first-order chi connectivity index (χ1) is 11.0. The summed E-state index contributed by atoms with van der Waals surface area (Å²) in [7, 11) is 0. The van der Waals surface area contributed by atoms with Crippen LogP contribution in [-0.4, -0.2) is 17.9 Å². The highest BCUT2D eigenvalue weighted by atomic mass is 35.5. The SMILES string of the molecule is CCC(C)NC(=O)C1CCC(C(=O)Nc2cccc(Cl)c2)CC1. The third-order valence-electron chi connectivity index (χ3n) is 4.56. The molecule has 5 heteroatoms. The van der Waals surface area contributed by atoms with Crippen molar-refractivity contribution in [2.24, 2.45) is 11.8 Å². The van der Waals surface area contributed by atoms with Gasteiger partial charge in [0, 0.05) is 28.6 Å². The van der Waals surface area contributed by atoms with E-state index in [4.69, 9.17) is 11.6 Å². The van der Waals surface area contributed by atoms with Crippen molar-refractivity contribution in [1.82, 2.24) is 5.32 Å². The van der Waals surface area contributed by atoms with Gasteiger partial charge in [-0.2, -0.15) is 0 Å². The Labute approximate surface area is 143 Å². The lowest BCUT2D eigenvalue weighted by Gasteiger charge is -2.28. The van der Waals surface area contributed by atoms with Crippen molar-refractivity contribution in [3.63, 3.8) is 0 Å². The summed E-state index contributed by atoms with van der Waals surface area (Å²) >= 11 is 5.93. The first kappa shape index (κ1) is 17.8. The molecule has 2 rings (SSSR count). The molecule has 0 radical (unpaired) electrons. The summed E-state index contributed by atoms with van der Waals surface area (Å²) in [5, 5.41) is 6.55. The normalized spacial score (nSPS) is 22.2. The van der Waals surface area contributed by atoms with Crippen LogP contribution in [0, 0.1) is 11.8 Å². The Morgan fingerprint density at radius 1 is 1.17 bits per heavy atom. The zero-order valence-electron chi connectivity index (χ0n) is 13.8. The maximum atomic E-state index is 12.3. The molecule has 1 aliphatic carbocycles. The third-order valence-corrected chi connectivity index (χ3v) is 4.80. The minimum atomic E-state index is -0.0263. The highest BCUT2D eigenvalue weighted by molar-refractivity contribution is 6.30. The van der Waals surface area contributed by atoms with Crippen LogP contribution in [-0.2, 0) is 9.59 Å². The molecule has 2 N–H and O–H groups in total. The van der Waals surface area contributed by atoms with Gasteiger partial charge in [0.2, 0.25) is 11.8 Å². The largest absolute Gasteiger partial charge is 0.353 e. The number of hydrogen-bond donors (Lipinski definition) is 2. The Morgan fingerprint density at radius 2 is 1.78 bits per heavy atom. The second kappa shape index (κ2) is 8.34. The van der Waals surface area contributed by atoms with E-state index >= 15 is 0 Å². The number of nitrogens with one attached hydrogen (secondary N) is 2. The van der Waals surface area contributed by atoms with E-state index in [-0.39, 0.29) is 29.7 Å². The average Bonchev–Trinajstić information content (AvgIpc) is 2.54. The van der Waals surface area contributed by atoms with Gasteiger partial charge in [-0.1, -0.05) is 24.6 Å². The molecule has 1 unspecified atom stereocenters. The van der Waals surface area contributed by atoms with E-state index in [0.717, 1.165) is 37.8 Å². The Kier molecular flexibility index (Phi) is 6.46. The lowest BCUT2D eigenvalue weighted by molar-refractivity contribution is -0.129. The van der Waals surface area contributed by atoms with Gasteiger partial charge in [0.15, 0.2) is 0 Å². The number of benzene rings is 1. The van der Waals surface area contributed by atoms with Gasteiger partial charge in [0.05, 0.1) is 0 Å². The molecule has 0 bridgehead atoms. The number of halogens is 1. The van der Waals surface area contributed by atoms with Crippen molar-refractivity contribution >= 4 is 29.1 Å². The van der Waals surface area contributed by atoms with Crippen LogP contribution in [0.15, 0.2) is 24.3 Å².